The highest BCUT2D eigenvalue weighted by Gasteiger charge is 2.06. The van der Waals surface area contributed by atoms with Crippen LogP contribution in [0.4, 0.5) is 27.5 Å². The smallest absolute Gasteiger partial charge is 0.323 e. The number of amides is 2. The Morgan fingerprint density at radius 1 is 0.741 bits per heavy atom. The van der Waals surface area contributed by atoms with Gasteiger partial charge in [-0.05, 0) is 62.4 Å². The van der Waals surface area contributed by atoms with Gasteiger partial charge in [0.25, 0.3) is 0 Å². The lowest BCUT2D eigenvalue weighted by Gasteiger charge is -2.15. The molecule has 0 aromatic heterocycles. The summed E-state index contributed by atoms with van der Waals surface area (Å²) >= 11 is 0. The van der Waals surface area contributed by atoms with Gasteiger partial charge in [0.05, 0.1) is 11.8 Å². The molecule has 0 bridgehead atoms. The summed E-state index contributed by atoms with van der Waals surface area (Å²) in [6.07, 6.45) is 0.0997. The zero-order valence-electron chi connectivity index (χ0n) is 15.4. The molecule has 3 rings (SSSR count). The first-order valence-corrected chi connectivity index (χ1v) is 8.86. The molecule has 0 spiro atoms. The van der Waals surface area contributed by atoms with Crippen molar-refractivity contribution < 1.29 is 9.53 Å². The summed E-state index contributed by atoms with van der Waals surface area (Å²) < 4.78 is 5.82. The van der Waals surface area contributed by atoms with Gasteiger partial charge in [-0.2, -0.15) is 0 Å². The topological polar surface area (TPSA) is 62.4 Å². The lowest BCUT2D eigenvalue weighted by molar-refractivity contribution is 0.244. The Labute approximate surface area is 159 Å². The Bertz CT molecular complexity index is 878. The van der Waals surface area contributed by atoms with E-state index < -0.39 is 0 Å². The molecule has 5 nitrogen and oxygen atoms in total. The van der Waals surface area contributed by atoms with Crippen molar-refractivity contribution in [2.75, 3.05) is 16.0 Å². The molecule has 0 heterocycles. The summed E-state index contributed by atoms with van der Waals surface area (Å²) in [5, 5.41) is 8.95. The second kappa shape index (κ2) is 8.76. The monoisotopic (exact) mass is 361 g/mol. The molecule has 2 amide bonds. The lowest BCUT2D eigenvalue weighted by Crippen LogP contribution is -2.19. The number of ether oxygens (including phenoxy) is 1. The Morgan fingerprint density at radius 3 is 1.96 bits per heavy atom. The van der Waals surface area contributed by atoms with Crippen molar-refractivity contribution in [2.24, 2.45) is 0 Å². The molecule has 0 aliphatic rings. The maximum atomic E-state index is 12.1. The van der Waals surface area contributed by atoms with Gasteiger partial charge in [0.2, 0.25) is 0 Å². The number of urea groups is 1. The van der Waals surface area contributed by atoms with Crippen molar-refractivity contribution in [3.8, 4) is 5.75 Å². The van der Waals surface area contributed by atoms with E-state index in [4.69, 9.17) is 4.74 Å². The van der Waals surface area contributed by atoms with E-state index in [2.05, 4.69) is 16.0 Å². The number of carbonyl (C=O) groups excluding carboxylic acids is 1. The molecule has 3 N–H and O–H groups in total. The second-order valence-corrected chi connectivity index (χ2v) is 6.31. The minimum atomic E-state index is -0.280. The number of nitrogens with one attached hydrogen (secondary N) is 3. The molecular formula is C22H23N3O2. The Kier molecular flexibility index (Phi) is 5.94. The van der Waals surface area contributed by atoms with Crippen molar-refractivity contribution >= 4 is 28.8 Å². The van der Waals surface area contributed by atoms with Crippen molar-refractivity contribution in [3.63, 3.8) is 0 Å². The molecule has 0 atom stereocenters. The lowest BCUT2D eigenvalue weighted by atomic mass is 10.2. The van der Waals surface area contributed by atoms with Gasteiger partial charge >= 0.3 is 6.03 Å². The summed E-state index contributed by atoms with van der Waals surface area (Å²) in [5.41, 5.74) is 3.26. The van der Waals surface area contributed by atoms with Gasteiger partial charge in [-0.25, -0.2) is 4.79 Å². The van der Waals surface area contributed by atoms with Gasteiger partial charge in [0.1, 0.15) is 5.75 Å². The van der Waals surface area contributed by atoms with Crippen LogP contribution in [-0.4, -0.2) is 12.1 Å². The number of rotatable bonds is 6. The molecular weight excluding hydrogens is 338 g/mol. The van der Waals surface area contributed by atoms with Crippen molar-refractivity contribution in [3.05, 3.63) is 78.9 Å². The van der Waals surface area contributed by atoms with Crippen LogP contribution in [0.3, 0.4) is 0 Å². The molecule has 0 unspecified atom stereocenters. The largest absolute Gasteiger partial charge is 0.489 e. The normalized spacial score (nSPS) is 10.3. The predicted octanol–water partition coefficient (Wildman–Crippen LogP) is 5.86. The highest BCUT2D eigenvalue weighted by atomic mass is 16.5. The molecule has 0 saturated carbocycles. The highest BCUT2D eigenvalue weighted by Crippen LogP contribution is 2.28. The molecule has 3 aromatic rings. The Balaban J connectivity index is 1.61. The Morgan fingerprint density at radius 2 is 1.30 bits per heavy atom. The molecule has 0 fully saturated rings. The summed E-state index contributed by atoms with van der Waals surface area (Å²) in [6.45, 7) is 4.00. The fourth-order valence-electron chi connectivity index (χ4n) is 2.53. The number of hydrogen-bond acceptors (Lipinski definition) is 3. The number of para-hydroxylation sites is 3. The maximum absolute atomic E-state index is 12.1. The molecule has 0 aliphatic heterocycles. The number of carbonyl (C=O) groups is 1. The summed E-state index contributed by atoms with van der Waals surface area (Å²) in [7, 11) is 0. The van der Waals surface area contributed by atoms with Crippen molar-refractivity contribution in [1.29, 1.82) is 0 Å². The molecule has 27 heavy (non-hydrogen) atoms. The first-order valence-electron chi connectivity index (χ1n) is 8.86. The van der Waals surface area contributed by atoms with Gasteiger partial charge in [0, 0.05) is 17.1 Å². The van der Waals surface area contributed by atoms with E-state index in [1.807, 2.05) is 92.7 Å². The maximum Gasteiger partial charge on any atom is 0.323 e. The van der Waals surface area contributed by atoms with Gasteiger partial charge in [0.15, 0.2) is 0 Å². The van der Waals surface area contributed by atoms with Crippen LogP contribution < -0.4 is 20.7 Å². The van der Waals surface area contributed by atoms with E-state index >= 15 is 0 Å². The van der Waals surface area contributed by atoms with Crippen LogP contribution in [0.2, 0.25) is 0 Å². The van der Waals surface area contributed by atoms with Crippen LogP contribution in [0.5, 0.6) is 5.75 Å². The Hall–Kier alpha value is -3.47. The number of benzene rings is 3. The summed E-state index contributed by atoms with van der Waals surface area (Å²) in [5.74, 6) is 0.803. The van der Waals surface area contributed by atoms with Crippen LogP contribution in [0.25, 0.3) is 0 Å². The van der Waals surface area contributed by atoms with E-state index in [9.17, 15) is 4.79 Å². The summed E-state index contributed by atoms with van der Waals surface area (Å²) in [6, 6.07) is 24.4. The van der Waals surface area contributed by atoms with Gasteiger partial charge < -0.3 is 20.7 Å². The minimum Gasteiger partial charge on any atom is -0.489 e. The fraction of sp³-hybridized carbons (Fsp3) is 0.136. The van der Waals surface area contributed by atoms with Gasteiger partial charge in [-0.3, -0.25) is 0 Å². The molecule has 0 aliphatic carbocycles. The van der Waals surface area contributed by atoms with Gasteiger partial charge in [-0.1, -0.05) is 30.3 Å². The van der Waals surface area contributed by atoms with Crippen LogP contribution in [0.15, 0.2) is 78.9 Å². The highest BCUT2D eigenvalue weighted by molar-refractivity contribution is 5.99. The standard InChI is InChI=1S/C22H23N3O2/c1-16(2)27-21-11-7-6-10-20(21)23-18-12-14-19(15-13-18)25-22(26)24-17-8-4-3-5-9-17/h3-16,23H,1-2H3,(H2,24,25,26). The zero-order chi connectivity index (χ0) is 19.1. The predicted molar refractivity (Wildman–Crippen MR) is 111 cm³/mol. The van der Waals surface area contributed by atoms with Crippen LogP contribution in [0.1, 0.15) is 13.8 Å². The first-order chi connectivity index (χ1) is 13.1. The second-order valence-electron chi connectivity index (χ2n) is 6.31. The van der Waals surface area contributed by atoms with Crippen LogP contribution >= 0.6 is 0 Å². The summed E-state index contributed by atoms with van der Waals surface area (Å²) in [4.78, 5) is 12.1. The van der Waals surface area contributed by atoms with Crippen molar-refractivity contribution in [2.45, 2.75) is 20.0 Å². The van der Waals surface area contributed by atoms with E-state index in [1.165, 1.54) is 0 Å². The quantitative estimate of drug-likeness (QED) is 0.515. The molecule has 0 radical (unpaired) electrons. The van der Waals surface area contributed by atoms with Gasteiger partial charge in [-0.15, -0.1) is 0 Å². The van der Waals surface area contributed by atoms with Crippen LogP contribution in [-0.2, 0) is 0 Å². The number of anilines is 4. The van der Waals surface area contributed by atoms with E-state index in [0.717, 1.165) is 22.8 Å². The molecule has 0 saturated heterocycles. The van der Waals surface area contributed by atoms with E-state index in [0.29, 0.717) is 5.69 Å². The molecule has 138 valence electrons. The SMILES string of the molecule is CC(C)Oc1ccccc1Nc1ccc(NC(=O)Nc2ccccc2)cc1. The zero-order valence-corrected chi connectivity index (χ0v) is 15.4. The molecule has 3 aromatic carbocycles. The third-order valence-electron chi connectivity index (χ3n) is 3.70. The third kappa shape index (κ3) is 5.51. The fourth-order valence-corrected chi connectivity index (χ4v) is 2.53. The van der Waals surface area contributed by atoms with E-state index in [1.54, 1.807) is 0 Å². The van der Waals surface area contributed by atoms with E-state index in [-0.39, 0.29) is 12.1 Å². The number of hydrogen-bond donors (Lipinski definition) is 3. The average Bonchev–Trinajstić information content (AvgIpc) is 2.65. The van der Waals surface area contributed by atoms with Crippen molar-refractivity contribution in [1.82, 2.24) is 0 Å². The first kappa shape index (κ1) is 18.3. The average molecular weight is 361 g/mol. The third-order valence-corrected chi connectivity index (χ3v) is 3.70. The molecule has 5 heteroatoms. The minimum absolute atomic E-state index is 0.0997. The van der Waals surface area contributed by atoms with Crippen LogP contribution in [0, 0.1) is 0 Å².